The van der Waals surface area contributed by atoms with Gasteiger partial charge in [0, 0.05) is 5.54 Å². The maximum atomic E-state index is 11.0. The zero-order chi connectivity index (χ0) is 13.0. The average molecular weight is 229 g/mol. The SMILES string of the molecule is CCC(C)CC(CC)(CC(=O)O)C(C)(C)N. The molecule has 0 rings (SSSR count). The van der Waals surface area contributed by atoms with E-state index in [1.54, 1.807) is 0 Å². The maximum absolute atomic E-state index is 11.0. The number of aliphatic carboxylic acids is 1. The van der Waals surface area contributed by atoms with Gasteiger partial charge in [-0.05, 0) is 38.0 Å². The van der Waals surface area contributed by atoms with Crippen LogP contribution in [-0.4, -0.2) is 16.6 Å². The van der Waals surface area contributed by atoms with Crippen LogP contribution >= 0.6 is 0 Å². The number of carbonyl (C=O) groups is 1. The number of nitrogens with two attached hydrogens (primary N) is 1. The fraction of sp³-hybridized carbons (Fsp3) is 0.923. The van der Waals surface area contributed by atoms with Crippen molar-refractivity contribution < 1.29 is 9.90 Å². The van der Waals surface area contributed by atoms with Crippen LogP contribution in [0.5, 0.6) is 0 Å². The highest BCUT2D eigenvalue weighted by atomic mass is 16.4. The van der Waals surface area contributed by atoms with Crippen molar-refractivity contribution in [3.05, 3.63) is 0 Å². The quantitative estimate of drug-likeness (QED) is 0.705. The van der Waals surface area contributed by atoms with Crippen LogP contribution in [0, 0.1) is 11.3 Å². The Morgan fingerprint density at radius 3 is 2.12 bits per heavy atom. The van der Waals surface area contributed by atoms with Gasteiger partial charge in [-0.15, -0.1) is 0 Å². The van der Waals surface area contributed by atoms with Gasteiger partial charge in [0.1, 0.15) is 0 Å². The molecular formula is C13H27NO2. The van der Waals surface area contributed by atoms with Crippen molar-refractivity contribution in [3.63, 3.8) is 0 Å². The lowest BCUT2D eigenvalue weighted by Gasteiger charge is -2.45. The second-order valence-electron chi connectivity index (χ2n) is 5.64. The summed E-state index contributed by atoms with van der Waals surface area (Å²) < 4.78 is 0. The highest BCUT2D eigenvalue weighted by Crippen LogP contribution is 2.43. The van der Waals surface area contributed by atoms with Crippen molar-refractivity contribution in [2.24, 2.45) is 17.1 Å². The fourth-order valence-corrected chi connectivity index (χ4v) is 2.39. The molecule has 0 amide bonds. The van der Waals surface area contributed by atoms with E-state index in [9.17, 15) is 4.79 Å². The minimum Gasteiger partial charge on any atom is -0.481 e. The van der Waals surface area contributed by atoms with E-state index < -0.39 is 11.5 Å². The molecule has 2 unspecified atom stereocenters. The number of carboxylic acids is 1. The fourth-order valence-electron chi connectivity index (χ4n) is 2.39. The Bertz CT molecular complexity index is 233. The summed E-state index contributed by atoms with van der Waals surface area (Å²) in [4.78, 5) is 11.0. The molecule has 0 aromatic carbocycles. The summed E-state index contributed by atoms with van der Waals surface area (Å²) >= 11 is 0. The molecule has 0 aliphatic heterocycles. The normalized spacial score (nSPS) is 17.9. The molecule has 0 fully saturated rings. The molecule has 0 spiro atoms. The molecule has 0 heterocycles. The standard InChI is InChI=1S/C13H27NO2/c1-6-10(3)8-13(7-2,9-11(15)16)12(4,5)14/h10H,6-9,14H2,1-5H3,(H,15,16). The Balaban J connectivity index is 5.04. The third-order valence-electron chi connectivity index (χ3n) is 3.97. The molecule has 0 saturated carbocycles. The molecule has 0 aromatic rings. The first-order chi connectivity index (χ1) is 7.18. The highest BCUT2D eigenvalue weighted by molar-refractivity contribution is 5.68. The molecule has 2 atom stereocenters. The van der Waals surface area contributed by atoms with Crippen molar-refractivity contribution in [2.45, 2.75) is 65.8 Å². The molecule has 3 heteroatoms. The Labute approximate surface area is 99.4 Å². The van der Waals surface area contributed by atoms with Crippen LogP contribution in [0.1, 0.15) is 60.3 Å². The van der Waals surface area contributed by atoms with Crippen LogP contribution in [-0.2, 0) is 4.79 Å². The smallest absolute Gasteiger partial charge is 0.303 e. The number of carboxylic acid groups (broad SMARTS) is 1. The predicted molar refractivity (Wildman–Crippen MR) is 67.3 cm³/mol. The Morgan fingerprint density at radius 2 is 1.88 bits per heavy atom. The van der Waals surface area contributed by atoms with E-state index >= 15 is 0 Å². The van der Waals surface area contributed by atoms with E-state index in [4.69, 9.17) is 10.8 Å². The third-order valence-corrected chi connectivity index (χ3v) is 3.97. The summed E-state index contributed by atoms with van der Waals surface area (Å²) in [5.41, 5.74) is 5.46. The van der Waals surface area contributed by atoms with Crippen LogP contribution in [0.4, 0.5) is 0 Å². The van der Waals surface area contributed by atoms with E-state index in [1.165, 1.54) is 0 Å². The van der Waals surface area contributed by atoms with Gasteiger partial charge in [0.15, 0.2) is 0 Å². The summed E-state index contributed by atoms with van der Waals surface area (Å²) in [7, 11) is 0. The number of rotatable bonds is 7. The highest BCUT2D eigenvalue weighted by Gasteiger charge is 2.43. The van der Waals surface area contributed by atoms with Crippen molar-refractivity contribution in [3.8, 4) is 0 Å². The zero-order valence-electron chi connectivity index (χ0n) is 11.3. The summed E-state index contributed by atoms with van der Waals surface area (Å²) in [5.74, 6) is -0.231. The Morgan fingerprint density at radius 1 is 1.38 bits per heavy atom. The van der Waals surface area contributed by atoms with Gasteiger partial charge >= 0.3 is 5.97 Å². The minimum absolute atomic E-state index is 0.164. The predicted octanol–water partition coefficient (Wildman–Crippen LogP) is 3.03. The lowest BCUT2D eigenvalue weighted by atomic mass is 9.63. The van der Waals surface area contributed by atoms with Gasteiger partial charge < -0.3 is 10.8 Å². The van der Waals surface area contributed by atoms with E-state index in [0.29, 0.717) is 5.92 Å². The topological polar surface area (TPSA) is 63.3 Å². The molecule has 0 aliphatic carbocycles. The van der Waals surface area contributed by atoms with Crippen LogP contribution in [0.15, 0.2) is 0 Å². The summed E-state index contributed by atoms with van der Waals surface area (Å²) in [6.45, 7) is 10.2. The molecule has 0 aliphatic rings. The van der Waals surface area contributed by atoms with Gasteiger partial charge in [0.2, 0.25) is 0 Å². The number of hydrogen-bond acceptors (Lipinski definition) is 2. The van der Waals surface area contributed by atoms with E-state index in [2.05, 4.69) is 13.8 Å². The number of hydrogen-bond donors (Lipinski definition) is 2. The largest absolute Gasteiger partial charge is 0.481 e. The second-order valence-corrected chi connectivity index (χ2v) is 5.64. The summed E-state index contributed by atoms with van der Waals surface area (Å²) in [5, 5.41) is 9.07. The summed E-state index contributed by atoms with van der Waals surface area (Å²) in [6.07, 6.45) is 2.93. The van der Waals surface area contributed by atoms with Gasteiger partial charge in [-0.2, -0.15) is 0 Å². The van der Waals surface area contributed by atoms with Crippen molar-refractivity contribution in [1.29, 1.82) is 0 Å². The van der Waals surface area contributed by atoms with Crippen molar-refractivity contribution in [1.82, 2.24) is 0 Å². The Hall–Kier alpha value is -0.570. The van der Waals surface area contributed by atoms with E-state index in [1.807, 2.05) is 20.8 Å². The third kappa shape index (κ3) is 3.78. The van der Waals surface area contributed by atoms with Gasteiger partial charge in [-0.25, -0.2) is 0 Å². The van der Waals surface area contributed by atoms with Gasteiger partial charge in [0.25, 0.3) is 0 Å². The van der Waals surface area contributed by atoms with Crippen LogP contribution < -0.4 is 5.73 Å². The Kier molecular flexibility index (Phi) is 5.47. The molecule has 3 N–H and O–H groups in total. The zero-order valence-corrected chi connectivity index (χ0v) is 11.3. The first kappa shape index (κ1) is 15.4. The molecule has 96 valence electrons. The van der Waals surface area contributed by atoms with Gasteiger partial charge in [-0.1, -0.05) is 27.2 Å². The van der Waals surface area contributed by atoms with Crippen molar-refractivity contribution in [2.75, 3.05) is 0 Å². The van der Waals surface area contributed by atoms with Crippen LogP contribution in [0.25, 0.3) is 0 Å². The maximum Gasteiger partial charge on any atom is 0.303 e. The van der Waals surface area contributed by atoms with Crippen LogP contribution in [0.2, 0.25) is 0 Å². The second kappa shape index (κ2) is 5.67. The van der Waals surface area contributed by atoms with E-state index in [-0.39, 0.29) is 11.8 Å². The molecular weight excluding hydrogens is 202 g/mol. The average Bonchev–Trinajstić information content (AvgIpc) is 2.13. The molecule has 0 saturated heterocycles. The molecule has 0 radical (unpaired) electrons. The lowest BCUT2D eigenvalue weighted by molar-refractivity contribution is -0.141. The summed E-state index contributed by atoms with van der Waals surface area (Å²) in [6, 6.07) is 0. The molecule has 16 heavy (non-hydrogen) atoms. The molecule has 3 nitrogen and oxygen atoms in total. The monoisotopic (exact) mass is 229 g/mol. The minimum atomic E-state index is -0.747. The van der Waals surface area contributed by atoms with Crippen molar-refractivity contribution >= 4 is 5.97 Å². The first-order valence-corrected chi connectivity index (χ1v) is 6.19. The van der Waals surface area contributed by atoms with Gasteiger partial charge in [0.05, 0.1) is 6.42 Å². The lowest BCUT2D eigenvalue weighted by Crippen LogP contribution is -2.52. The molecule has 0 bridgehead atoms. The molecule has 0 aromatic heterocycles. The first-order valence-electron chi connectivity index (χ1n) is 6.19. The van der Waals surface area contributed by atoms with Crippen LogP contribution in [0.3, 0.4) is 0 Å². The van der Waals surface area contributed by atoms with Gasteiger partial charge in [-0.3, -0.25) is 4.79 Å². The van der Waals surface area contributed by atoms with E-state index in [0.717, 1.165) is 19.3 Å².